The van der Waals surface area contributed by atoms with Crippen LogP contribution in [-0.2, 0) is 0 Å². The van der Waals surface area contributed by atoms with Crippen molar-refractivity contribution in [3.8, 4) is 45.3 Å². The highest BCUT2D eigenvalue weighted by Crippen LogP contribution is 2.38. The van der Waals surface area contributed by atoms with E-state index in [0.29, 0.717) is 23.4 Å². The van der Waals surface area contributed by atoms with E-state index in [4.69, 9.17) is 19.4 Å². The van der Waals surface area contributed by atoms with Crippen molar-refractivity contribution in [3.63, 3.8) is 0 Å². The second kappa shape index (κ2) is 9.93. The molecule has 0 spiro atoms. The maximum absolute atomic E-state index is 6.38. The summed E-state index contributed by atoms with van der Waals surface area (Å²) in [5.74, 6) is 2.41. The predicted octanol–water partition coefficient (Wildman–Crippen LogP) is 8.04. The molecule has 0 saturated carbocycles. The van der Waals surface area contributed by atoms with Crippen LogP contribution in [0.25, 0.3) is 79.2 Å². The zero-order chi connectivity index (χ0) is 28.0. The van der Waals surface area contributed by atoms with Gasteiger partial charge in [0.05, 0.1) is 0 Å². The number of furan rings is 1. The molecule has 4 heteroatoms. The number of fused-ring (bicyclic) bond motifs is 4. The third kappa shape index (κ3) is 4.20. The molecule has 0 aliphatic heterocycles. The normalized spacial score (nSPS) is 14.4. The van der Waals surface area contributed by atoms with E-state index in [9.17, 15) is 0 Å². The van der Waals surface area contributed by atoms with Gasteiger partial charge in [-0.2, -0.15) is 0 Å². The van der Waals surface area contributed by atoms with E-state index in [1.165, 1.54) is 5.22 Å². The molecule has 0 amide bonds. The van der Waals surface area contributed by atoms with Gasteiger partial charge in [0.2, 0.25) is 0 Å². The molecule has 4 nitrogen and oxygen atoms in total. The van der Waals surface area contributed by atoms with Crippen molar-refractivity contribution in [1.29, 1.82) is 0 Å². The van der Waals surface area contributed by atoms with E-state index >= 15 is 0 Å². The Bertz CT molecular complexity index is 2180. The molecule has 1 atom stereocenters. The van der Waals surface area contributed by atoms with Crippen molar-refractivity contribution >= 4 is 33.9 Å². The van der Waals surface area contributed by atoms with Crippen molar-refractivity contribution in [3.05, 3.63) is 126 Å². The molecule has 0 radical (unpaired) electrons. The van der Waals surface area contributed by atoms with Crippen molar-refractivity contribution < 1.29 is 4.42 Å². The van der Waals surface area contributed by atoms with Crippen LogP contribution < -0.4 is 10.6 Å². The van der Waals surface area contributed by atoms with Crippen molar-refractivity contribution in [2.24, 2.45) is 5.92 Å². The van der Waals surface area contributed by atoms with Gasteiger partial charge in [0.15, 0.2) is 17.5 Å². The highest BCUT2D eigenvalue weighted by molar-refractivity contribution is 6.03. The zero-order valence-corrected chi connectivity index (χ0v) is 23.2. The summed E-state index contributed by atoms with van der Waals surface area (Å²) in [6, 6.07) is 39.5. The third-order valence-corrected chi connectivity index (χ3v) is 8.05. The van der Waals surface area contributed by atoms with E-state index in [1.54, 1.807) is 0 Å². The number of benzene rings is 5. The van der Waals surface area contributed by atoms with Crippen molar-refractivity contribution in [2.45, 2.75) is 13.3 Å². The second-order valence-corrected chi connectivity index (χ2v) is 10.9. The van der Waals surface area contributed by atoms with E-state index in [-0.39, 0.29) is 0 Å². The van der Waals surface area contributed by atoms with Crippen LogP contribution in [0.4, 0.5) is 0 Å². The number of rotatable bonds is 4. The van der Waals surface area contributed by atoms with Crippen LogP contribution in [0.2, 0.25) is 0 Å². The van der Waals surface area contributed by atoms with Crippen molar-refractivity contribution in [2.75, 3.05) is 0 Å². The predicted molar refractivity (Wildman–Crippen MR) is 171 cm³/mol. The lowest BCUT2D eigenvalue weighted by molar-refractivity contribution is 0.565. The Morgan fingerprint density at radius 1 is 0.619 bits per heavy atom. The smallest absolute Gasteiger partial charge is 0.165 e. The highest BCUT2D eigenvalue weighted by Gasteiger charge is 2.19. The molecule has 5 aromatic carbocycles. The minimum Gasteiger partial charge on any atom is -0.456 e. The first-order valence-electron chi connectivity index (χ1n) is 14.4. The monoisotopic (exact) mass is 541 g/mol. The molecule has 42 heavy (non-hydrogen) atoms. The molecule has 7 aromatic rings. The fraction of sp³-hybridized carbons (Fsp3) is 0.0789. The van der Waals surface area contributed by atoms with Gasteiger partial charge < -0.3 is 4.42 Å². The first-order valence-corrected chi connectivity index (χ1v) is 14.4. The summed E-state index contributed by atoms with van der Waals surface area (Å²) in [5, 5.41) is 4.57. The SMILES string of the molecule is CC1C=c2oc3cc(-c4ccc5ccccc5c4-c4nc(-c5ccccc5)nc(-c5ccccc5)n4)ccc3c2=CC1. The van der Waals surface area contributed by atoms with Gasteiger partial charge in [-0.15, -0.1) is 0 Å². The molecule has 0 fully saturated rings. The van der Waals surface area contributed by atoms with Gasteiger partial charge in [-0.05, 0) is 52.4 Å². The lowest BCUT2D eigenvalue weighted by Crippen LogP contribution is -2.24. The summed E-state index contributed by atoms with van der Waals surface area (Å²) < 4.78 is 6.38. The topological polar surface area (TPSA) is 51.8 Å². The molecule has 0 bridgehead atoms. The summed E-state index contributed by atoms with van der Waals surface area (Å²) >= 11 is 0. The Kier molecular flexibility index (Phi) is 5.78. The summed E-state index contributed by atoms with van der Waals surface area (Å²) in [7, 11) is 0. The van der Waals surface area contributed by atoms with Gasteiger partial charge >= 0.3 is 0 Å². The fourth-order valence-corrected chi connectivity index (χ4v) is 5.94. The number of nitrogens with zero attached hydrogens (tertiary/aromatic N) is 3. The minimum absolute atomic E-state index is 0.478. The Hall–Kier alpha value is -5.35. The lowest BCUT2D eigenvalue weighted by atomic mass is 9.93. The standard InChI is InChI=1S/C38H27N3O/c1-24-16-19-31-32-21-18-28(23-34(32)42-33(31)22-24)30-20-17-25-10-8-9-15-29(25)35(30)38-40-36(26-11-4-2-5-12-26)39-37(41-38)27-13-6-3-7-14-27/h2-15,17-24H,16H2,1H3. The minimum atomic E-state index is 0.478. The van der Waals surface area contributed by atoms with E-state index in [1.807, 2.05) is 60.7 Å². The summed E-state index contributed by atoms with van der Waals surface area (Å²) in [6.07, 6.45) is 5.57. The molecule has 2 heterocycles. The van der Waals surface area contributed by atoms with Gasteiger partial charge in [-0.1, -0.05) is 116 Å². The largest absolute Gasteiger partial charge is 0.456 e. The van der Waals surface area contributed by atoms with Crippen molar-refractivity contribution in [1.82, 2.24) is 15.0 Å². The summed E-state index contributed by atoms with van der Waals surface area (Å²) in [4.78, 5) is 15.1. The molecule has 1 aliphatic rings. The highest BCUT2D eigenvalue weighted by atomic mass is 16.3. The molecule has 0 saturated heterocycles. The Balaban J connectivity index is 1.40. The third-order valence-electron chi connectivity index (χ3n) is 8.05. The number of hydrogen-bond acceptors (Lipinski definition) is 4. The maximum Gasteiger partial charge on any atom is 0.165 e. The van der Waals surface area contributed by atoms with E-state index < -0.39 is 0 Å². The van der Waals surface area contributed by atoms with Crippen LogP contribution >= 0.6 is 0 Å². The molecule has 2 aromatic heterocycles. The second-order valence-electron chi connectivity index (χ2n) is 10.9. The molecular formula is C38H27N3O. The molecule has 8 rings (SSSR count). The van der Waals surface area contributed by atoms with Gasteiger partial charge in [0.25, 0.3) is 0 Å². The van der Waals surface area contributed by atoms with Crippen LogP contribution in [0.3, 0.4) is 0 Å². The van der Waals surface area contributed by atoms with Gasteiger partial charge in [0.1, 0.15) is 11.0 Å². The molecule has 1 unspecified atom stereocenters. The summed E-state index contributed by atoms with van der Waals surface area (Å²) in [5.41, 5.74) is 6.85. The fourth-order valence-electron chi connectivity index (χ4n) is 5.94. The maximum atomic E-state index is 6.38. The van der Waals surface area contributed by atoms with Crippen LogP contribution in [0.5, 0.6) is 0 Å². The van der Waals surface area contributed by atoms with Crippen LogP contribution in [-0.4, -0.2) is 15.0 Å². The molecular weight excluding hydrogens is 514 g/mol. The van der Waals surface area contributed by atoms with Gasteiger partial charge in [-0.3, -0.25) is 0 Å². The first-order chi connectivity index (χ1) is 20.7. The average Bonchev–Trinajstić information content (AvgIpc) is 3.41. The molecule has 0 N–H and O–H groups in total. The van der Waals surface area contributed by atoms with Crippen LogP contribution in [0, 0.1) is 5.92 Å². The first kappa shape index (κ1) is 24.4. The van der Waals surface area contributed by atoms with E-state index in [0.717, 1.165) is 61.4 Å². The lowest BCUT2D eigenvalue weighted by Gasteiger charge is -2.15. The Morgan fingerprint density at radius 3 is 2.02 bits per heavy atom. The van der Waals surface area contributed by atoms with Crippen LogP contribution in [0.1, 0.15) is 13.3 Å². The van der Waals surface area contributed by atoms with Crippen LogP contribution in [0.15, 0.2) is 120 Å². The molecule has 200 valence electrons. The molecule has 1 aliphatic carbocycles. The number of aromatic nitrogens is 3. The van der Waals surface area contributed by atoms with Gasteiger partial charge in [-0.25, -0.2) is 15.0 Å². The van der Waals surface area contributed by atoms with Gasteiger partial charge in [0, 0.05) is 27.3 Å². The zero-order valence-electron chi connectivity index (χ0n) is 23.2. The number of hydrogen-bond donors (Lipinski definition) is 0. The Labute approximate surface area is 243 Å². The summed E-state index contributed by atoms with van der Waals surface area (Å²) in [6.45, 7) is 2.22. The quantitative estimate of drug-likeness (QED) is 0.226. The average molecular weight is 542 g/mol. The van der Waals surface area contributed by atoms with E-state index in [2.05, 4.69) is 73.7 Å². The Morgan fingerprint density at radius 2 is 1.29 bits per heavy atom.